The molecule has 0 N–H and O–H groups in total. The van der Waals surface area contributed by atoms with Crippen molar-refractivity contribution in [3.8, 4) is 0 Å². The first kappa shape index (κ1) is 16.2. The standard InChI is InChI=1S/C17H24N4OS/c1-4-20(5-2)15-13-12(3)14(23-16(13)19-11-18-15)17(22)21-9-7-6-8-10-21/h11H,4-10H2,1-3H3. The highest BCUT2D eigenvalue weighted by Crippen LogP contribution is 2.35. The molecule has 2 aromatic rings. The van der Waals surface area contributed by atoms with Gasteiger partial charge in [-0.15, -0.1) is 11.3 Å². The fourth-order valence-corrected chi connectivity index (χ4v) is 4.37. The van der Waals surface area contributed by atoms with Crippen LogP contribution in [-0.4, -0.2) is 47.0 Å². The van der Waals surface area contributed by atoms with Crippen LogP contribution in [-0.2, 0) is 0 Å². The third-order valence-electron chi connectivity index (χ3n) is 4.61. The molecule has 3 rings (SSSR count). The molecule has 0 unspecified atom stereocenters. The Balaban J connectivity index is 2.04. The molecule has 0 spiro atoms. The lowest BCUT2D eigenvalue weighted by atomic mass is 10.1. The van der Waals surface area contributed by atoms with Crippen molar-refractivity contribution in [2.24, 2.45) is 0 Å². The Hall–Kier alpha value is -1.69. The monoisotopic (exact) mass is 332 g/mol. The SMILES string of the molecule is CCN(CC)c1ncnc2sc(C(=O)N3CCCCC3)c(C)c12. The van der Waals surface area contributed by atoms with Crippen molar-refractivity contribution < 1.29 is 4.79 Å². The number of hydrogen-bond donors (Lipinski definition) is 0. The molecule has 1 aliphatic rings. The summed E-state index contributed by atoms with van der Waals surface area (Å²) < 4.78 is 0. The van der Waals surface area contributed by atoms with E-state index in [1.165, 1.54) is 17.8 Å². The molecule has 6 heteroatoms. The second-order valence-corrected chi connectivity index (χ2v) is 6.96. The van der Waals surface area contributed by atoms with E-state index in [9.17, 15) is 4.79 Å². The smallest absolute Gasteiger partial charge is 0.264 e. The number of hydrogen-bond acceptors (Lipinski definition) is 5. The zero-order valence-electron chi connectivity index (χ0n) is 14.1. The van der Waals surface area contributed by atoms with Crippen LogP contribution < -0.4 is 4.90 Å². The van der Waals surface area contributed by atoms with E-state index in [2.05, 4.69) is 28.7 Å². The summed E-state index contributed by atoms with van der Waals surface area (Å²) in [6, 6.07) is 0. The minimum absolute atomic E-state index is 0.163. The second-order valence-electron chi connectivity index (χ2n) is 5.96. The van der Waals surface area contributed by atoms with Gasteiger partial charge in [0, 0.05) is 26.2 Å². The number of nitrogens with zero attached hydrogens (tertiary/aromatic N) is 4. The summed E-state index contributed by atoms with van der Waals surface area (Å²) in [5, 5.41) is 1.04. The number of carbonyl (C=O) groups is 1. The topological polar surface area (TPSA) is 49.3 Å². The van der Waals surface area contributed by atoms with Crippen molar-refractivity contribution in [2.45, 2.75) is 40.0 Å². The van der Waals surface area contributed by atoms with Gasteiger partial charge in [0.15, 0.2) is 0 Å². The molecule has 0 saturated carbocycles. The fraction of sp³-hybridized carbons (Fsp3) is 0.588. The van der Waals surface area contributed by atoms with Gasteiger partial charge in [-0.3, -0.25) is 4.79 Å². The number of aryl methyl sites for hydroxylation is 1. The molecular formula is C17H24N4OS. The van der Waals surface area contributed by atoms with Crippen molar-refractivity contribution >= 4 is 33.3 Å². The molecule has 1 fully saturated rings. The molecule has 1 saturated heterocycles. The number of rotatable bonds is 4. The van der Waals surface area contributed by atoms with E-state index in [-0.39, 0.29) is 5.91 Å². The van der Waals surface area contributed by atoms with E-state index >= 15 is 0 Å². The fourth-order valence-electron chi connectivity index (χ4n) is 3.26. The molecule has 0 aromatic carbocycles. The Morgan fingerprint density at radius 2 is 1.91 bits per heavy atom. The number of aromatic nitrogens is 2. The maximum absolute atomic E-state index is 12.9. The predicted octanol–water partition coefficient (Wildman–Crippen LogP) is 3.47. The van der Waals surface area contributed by atoms with Crippen LogP contribution >= 0.6 is 11.3 Å². The highest BCUT2D eigenvalue weighted by atomic mass is 32.1. The van der Waals surface area contributed by atoms with Gasteiger partial charge in [-0.25, -0.2) is 9.97 Å². The van der Waals surface area contributed by atoms with E-state index in [0.717, 1.165) is 65.5 Å². The Bertz CT molecular complexity index is 702. The zero-order valence-corrected chi connectivity index (χ0v) is 14.9. The summed E-state index contributed by atoms with van der Waals surface area (Å²) in [6.07, 6.45) is 5.06. The van der Waals surface area contributed by atoms with Crippen molar-refractivity contribution in [2.75, 3.05) is 31.1 Å². The van der Waals surface area contributed by atoms with Crippen LogP contribution in [0.1, 0.15) is 48.3 Å². The Kier molecular flexibility index (Phi) is 4.80. The van der Waals surface area contributed by atoms with Crippen LogP contribution in [0.4, 0.5) is 5.82 Å². The largest absolute Gasteiger partial charge is 0.357 e. The second kappa shape index (κ2) is 6.83. The molecular weight excluding hydrogens is 308 g/mol. The van der Waals surface area contributed by atoms with Gasteiger partial charge in [0.25, 0.3) is 5.91 Å². The van der Waals surface area contributed by atoms with E-state index in [0.29, 0.717) is 0 Å². The Morgan fingerprint density at radius 3 is 2.57 bits per heavy atom. The number of fused-ring (bicyclic) bond motifs is 1. The lowest BCUT2D eigenvalue weighted by Crippen LogP contribution is -2.35. The van der Waals surface area contributed by atoms with Gasteiger partial charge in [-0.1, -0.05) is 0 Å². The molecule has 5 nitrogen and oxygen atoms in total. The van der Waals surface area contributed by atoms with E-state index in [4.69, 9.17) is 0 Å². The number of carbonyl (C=O) groups excluding carboxylic acids is 1. The zero-order chi connectivity index (χ0) is 16.4. The third kappa shape index (κ3) is 2.92. The number of piperidine rings is 1. The van der Waals surface area contributed by atoms with Crippen LogP contribution in [0.15, 0.2) is 6.33 Å². The summed E-state index contributed by atoms with van der Waals surface area (Å²) in [5.41, 5.74) is 1.03. The minimum Gasteiger partial charge on any atom is -0.357 e. The quantitative estimate of drug-likeness (QED) is 0.860. The van der Waals surface area contributed by atoms with Gasteiger partial charge in [0.05, 0.1) is 10.3 Å². The Labute approximate surface area is 141 Å². The van der Waals surface area contributed by atoms with Gasteiger partial charge >= 0.3 is 0 Å². The molecule has 2 aromatic heterocycles. The molecule has 3 heterocycles. The molecule has 1 amide bonds. The molecule has 0 bridgehead atoms. The summed E-state index contributed by atoms with van der Waals surface area (Å²) >= 11 is 1.51. The molecule has 0 aliphatic carbocycles. The van der Waals surface area contributed by atoms with E-state index in [1.807, 2.05) is 11.8 Å². The lowest BCUT2D eigenvalue weighted by molar-refractivity contribution is 0.0728. The number of likely N-dealkylation sites (tertiary alicyclic amines) is 1. The van der Waals surface area contributed by atoms with Gasteiger partial charge in [0.2, 0.25) is 0 Å². The lowest BCUT2D eigenvalue weighted by Gasteiger charge is -2.26. The third-order valence-corrected chi connectivity index (χ3v) is 5.80. The first-order valence-corrected chi connectivity index (χ1v) is 9.27. The highest BCUT2D eigenvalue weighted by molar-refractivity contribution is 7.20. The van der Waals surface area contributed by atoms with Crippen LogP contribution in [0.2, 0.25) is 0 Å². The number of thiophene rings is 1. The Morgan fingerprint density at radius 1 is 1.22 bits per heavy atom. The molecule has 0 radical (unpaired) electrons. The minimum atomic E-state index is 0.163. The van der Waals surface area contributed by atoms with Gasteiger partial charge in [-0.2, -0.15) is 0 Å². The normalized spacial score (nSPS) is 15.2. The predicted molar refractivity (Wildman–Crippen MR) is 95.5 cm³/mol. The van der Waals surface area contributed by atoms with Crippen molar-refractivity contribution in [1.29, 1.82) is 0 Å². The molecule has 124 valence electrons. The van der Waals surface area contributed by atoms with Crippen LogP contribution in [0, 0.1) is 6.92 Å². The van der Waals surface area contributed by atoms with Crippen LogP contribution in [0.25, 0.3) is 10.2 Å². The summed E-state index contributed by atoms with van der Waals surface area (Å²) in [5.74, 6) is 1.11. The summed E-state index contributed by atoms with van der Waals surface area (Å²) in [7, 11) is 0. The first-order valence-electron chi connectivity index (χ1n) is 8.45. The number of amides is 1. The van der Waals surface area contributed by atoms with Gasteiger partial charge < -0.3 is 9.80 Å². The van der Waals surface area contributed by atoms with Gasteiger partial charge in [0.1, 0.15) is 17.0 Å². The molecule has 23 heavy (non-hydrogen) atoms. The first-order chi connectivity index (χ1) is 11.2. The maximum atomic E-state index is 12.9. The van der Waals surface area contributed by atoms with Crippen molar-refractivity contribution in [1.82, 2.24) is 14.9 Å². The highest BCUT2D eigenvalue weighted by Gasteiger charge is 2.25. The van der Waals surface area contributed by atoms with Crippen molar-refractivity contribution in [3.05, 3.63) is 16.8 Å². The number of anilines is 1. The average molecular weight is 332 g/mol. The van der Waals surface area contributed by atoms with E-state index in [1.54, 1.807) is 6.33 Å². The summed E-state index contributed by atoms with van der Waals surface area (Å²) in [6.45, 7) is 9.83. The van der Waals surface area contributed by atoms with Crippen molar-refractivity contribution in [3.63, 3.8) is 0 Å². The summed E-state index contributed by atoms with van der Waals surface area (Å²) in [4.78, 5) is 27.7. The van der Waals surface area contributed by atoms with E-state index < -0.39 is 0 Å². The average Bonchev–Trinajstić information content (AvgIpc) is 2.94. The molecule has 1 aliphatic heterocycles. The molecule has 0 atom stereocenters. The van der Waals surface area contributed by atoms with Crippen LogP contribution in [0.3, 0.4) is 0 Å². The van der Waals surface area contributed by atoms with Crippen LogP contribution in [0.5, 0.6) is 0 Å². The maximum Gasteiger partial charge on any atom is 0.264 e. The van der Waals surface area contributed by atoms with Gasteiger partial charge in [-0.05, 0) is 45.6 Å².